The van der Waals surface area contributed by atoms with Crippen molar-refractivity contribution in [2.75, 3.05) is 0 Å². The van der Waals surface area contributed by atoms with Crippen molar-refractivity contribution in [1.29, 1.82) is 0 Å². The second kappa shape index (κ2) is 10.1. The highest BCUT2D eigenvalue weighted by Crippen LogP contribution is 2.21. The number of para-hydroxylation sites is 1. The molecule has 0 radical (unpaired) electrons. The van der Waals surface area contributed by atoms with Gasteiger partial charge in [0.15, 0.2) is 0 Å². The largest absolute Gasteiger partial charge is 0.352 e. The van der Waals surface area contributed by atoms with Crippen LogP contribution < -0.4 is 5.32 Å². The first kappa shape index (κ1) is 22.4. The number of nitrogens with one attached hydrogen (secondary N) is 1. The van der Waals surface area contributed by atoms with Crippen molar-refractivity contribution in [3.8, 4) is 0 Å². The van der Waals surface area contributed by atoms with Crippen LogP contribution in [0, 0.1) is 15.9 Å². The second-order valence-electron chi connectivity index (χ2n) is 7.88. The van der Waals surface area contributed by atoms with Gasteiger partial charge in [0, 0.05) is 24.2 Å². The molecule has 1 N–H and O–H groups in total. The molecule has 3 rings (SSSR count). The molecular formula is C23H26FN3O4. The van der Waals surface area contributed by atoms with E-state index in [9.17, 15) is 24.1 Å². The van der Waals surface area contributed by atoms with E-state index in [0.717, 1.165) is 25.7 Å². The van der Waals surface area contributed by atoms with E-state index in [1.165, 1.54) is 29.2 Å². The Morgan fingerprint density at radius 3 is 2.45 bits per heavy atom. The van der Waals surface area contributed by atoms with Gasteiger partial charge in [0.25, 0.3) is 5.69 Å². The van der Waals surface area contributed by atoms with Gasteiger partial charge in [-0.3, -0.25) is 19.7 Å². The molecule has 2 aromatic rings. The number of hydrogen-bond acceptors (Lipinski definition) is 4. The molecule has 1 fully saturated rings. The van der Waals surface area contributed by atoms with Crippen molar-refractivity contribution in [2.45, 2.75) is 57.7 Å². The van der Waals surface area contributed by atoms with Gasteiger partial charge in [-0.2, -0.15) is 0 Å². The van der Waals surface area contributed by atoms with Crippen molar-refractivity contribution in [1.82, 2.24) is 10.2 Å². The molecule has 1 atom stereocenters. The van der Waals surface area contributed by atoms with Crippen molar-refractivity contribution in [2.24, 2.45) is 0 Å². The molecule has 1 saturated carbocycles. The number of nitro groups is 1. The first-order chi connectivity index (χ1) is 14.8. The Kier molecular flexibility index (Phi) is 7.33. The van der Waals surface area contributed by atoms with Gasteiger partial charge >= 0.3 is 0 Å². The maximum Gasteiger partial charge on any atom is 0.273 e. The molecule has 2 aromatic carbocycles. The van der Waals surface area contributed by atoms with Crippen LogP contribution in [-0.2, 0) is 22.6 Å². The summed E-state index contributed by atoms with van der Waals surface area (Å²) in [7, 11) is 0. The summed E-state index contributed by atoms with van der Waals surface area (Å²) >= 11 is 0. The minimum atomic E-state index is -0.777. The summed E-state index contributed by atoms with van der Waals surface area (Å²) in [6, 6.07) is 11.1. The fourth-order valence-corrected chi connectivity index (χ4v) is 3.86. The summed E-state index contributed by atoms with van der Waals surface area (Å²) in [5.41, 5.74) is 0.809. The first-order valence-corrected chi connectivity index (χ1v) is 10.4. The summed E-state index contributed by atoms with van der Waals surface area (Å²) in [4.78, 5) is 38.2. The van der Waals surface area contributed by atoms with E-state index in [-0.39, 0.29) is 36.2 Å². The molecule has 8 heteroatoms. The molecule has 0 saturated heterocycles. The molecule has 31 heavy (non-hydrogen) atoms. The van der Waals surface area contributed by atoms with E-state index in [1.54, 1.807) is 31.2 Å². The van der Waals surface area contributed by atoms with Gasteiger partial charge < -0.3 is 10.2 Å². The quantitative estimate of drug-likeness (QED) is 0.513. The molecule has 1 aliphatic carbocycles. The highest BCUT2D eigenvalue weighted by Gasteiger charge is 2.29. The highest BCUT2D eigenvalue weighted by atomic mass is 19.1. The third-order valence-electron chi connectivity index (χ3n) is 5.67. The molecule has 0 bridgehead atoms. The van der Waals surface area contributed by atoms with Crippen LogP contribution in [0.2, 0.25) is 0 Å². The van der Waals surface area contributed by atoms with E-state index in [2.05, 4.69) is 5.32 Å². The SMILES string of the molecule is C[C@H](C(=O)NC1CCCC1)N(Cc1ccc(F)cc1)C(=O)Cc1ccccc1[N+](=O)[O-]. The number of rotatable bonds is 8. The summed E-state index contributed by atoms with van der Waals surface area (Å²) in [5, 5.41) is 14.3. The molecule has 7 nitrogen and oxygen atoms in total. The fraction of sp³-hybridized carbons (Fsp3) is 0.391. The number of amides is 2. The molecular weight excluding hydrogens is 401 g/mol. The average Bonchev–Trinajstić information content (AvgIpc) is 3.26. The van der Waals surface area contributed by atoms with Crippen molar-refractivity contribution in [3.63, 3.8) is 0 Å². The number of hydrogen-bond donors (Lipinski definition) is 1. The first-order valence-electron chi connectivity index (χ1n) is 10.4. The molecule has 2 amide bonds. The van der Waals surface area contributed by atoms with E-state index < -0.39 is 22.7 Å². The predicted octanol–water partition coefficient (Wildman–Crippen LogP) is 3.75. The summed E-state index contributed by atoms with van der Waals surface area (Å²) in [6.45, 7) is 1.74. The number of carbonyl (C=O) groups is 2. The lowest BCUT2D eigenvalue weighted by molar-refractivity contribution is -0.385. The molecule has 0 aromatic heterocycles. The zero-order valence-electron chi connectivity index (χ0n) is 17.4. The number of halogens is 1. The molecule has 0 unspecified atom stereocenters. The Morgan fingerprint density at radius 2 is 1.81 bits per heavy atom. The Hall–Kier alpha value is -3.29. The van der Waals surface area contributed by atoms with Gasteiger partial charge in [-0.25, -0.2) is 4.39 Å². The number of carbonyl (C=O) groups excluding carboxylic acids is 2. The highest BCUT2D eigenvalue weighted by molar-refractivity contribution is 5.88. The Morgan fingerprint density at radius 1 is 1.16 bits per heavy atom. The topological polar surface area (TPSA) is 92.6 Å². The second-order valence-corrected chi connectivity index (χ2v) is 7.88. The lowest BCUT2D eigenvalue weighted by atomic mass is 10.1. The number of nitrogens with zero attached hydrogens (tertiary/aromatic N) is 2. The Labute approximate surface area is 180 Å². The lowest BCUT2D eigenvalue weighted by Gasteiger charge is -2.30. The monoisotopic (exact) mass is 427 g/mol. The van der Waals surface area contributed by atoms with E-state index >= 15 is 0 Å². The van der Waals surface area contributed by atoms with Gasteiger partial charge in [0.05, 0.1) is 11.3 Å². The van der Waals surface area contributed by atoms with Crippen LogP contribution in [0.3, 0.4) is 0 Å². The van der Waals surface area contributed by atoms with Crippen LogP contribution >= 0.6 is 0 Å². The van der Waals surface area contributed by atoms with Crippen LogP contribution in [0.15, 0.2) is 48.5 Å². The van der Waals surface area contributed by atoms with E-state index in [4.69, 9.17) is 0 Å². The van der Waals surface area contributed by atoms with Crippen LogP contribution in [0.5, 0.6) is 0 Å². The predicted molar refractivity (Wildman–Crippen MR) is 114 cm³/mol. The Balaban J connectivity index is 1.81. The maximum absolute atomic E-state index is 13.3. The third kappa shape index (κ3) is 5.87. The Bertz CT molecular complexity index is 942. The zero-order valence-corrected chi connectivity index (χ0v) is 17.4. The molecule has 0 heterocycles. The van der Waals surface area contributed by atoms with Crippen LogP contribution in [0.4, 0.5) is 10.1 Å². The van der Waals surface area contributed by atoms with Gasteiger partial charge in [-0.05, 0) is 37.5 Å². The van der Waals surface area contributed by atoms with E-state index in [1.807, 2.05) is 0 Å². The van der Waals surface area contributed by atoms with Crippen LogP contribution in [0.25, 0.3) is 0 Å². The van der Waals surface area contributed by atoms with Crippen molar-refractivity contribution in [3.05, 3.63) is 75.6 Å². The van der Waals surface area contributed by atoms with Crippen molar-refractivity contribution < 1.29 is 18.9 Å². The fourth-order valence-electron chi connectivity index (χ4n) is 3.86. The van der Waals surface area contributed by atoms with Crippen LogP contribution in [-0.4, -0.2) is 33.7 Å². The van der Waals surface area contributed by atoms with E-state index in [0.29, 0.717) is 5.56 Å². The standard InChI is InChI=1S/C23H26FN3O4/c1-16(23(29)25-20-7-3-4-8-20)26(15-17-10-12-19(24)13-11-17)22(28)14-18-6-2-5-9-21(18)27(30)31/h2,5-6,9-13,16,20H,3-4,7-8,14-15H2,1H3,(H,25,29)/t16-/m1/s1. The number of nitro benzene ring substituents is 1. The van der Waals surface area contributed by atoms with Gasteiger partial charge in [-0.15, -0.1) is 0 Å². The van der Waals surface area contributed by atoms with Crippen molar-refractivity contribution >= 4 is 17.5 Å². The molecule has 0 aliphatic heterocycles. The van der Waals surface area contributed by atoms with Gasteiger partial charge in [0.1, 0.15) is 11.9 Å². The lowest BCUT2D eigenvalue weighted by Crippen LogP contribution is -2.50. The van der Waals surface area contributed by atoms with Gasteiger partial charge in [0.2, 0.25) is 11.8 Å². The maximum atomic E-state index is 13.3. The summed E-state index contributed by atoms with van der Waals surface area (Å²) in [5.74, 6) is -1.06. The van der Waals surface area contributed by atoms with Gasteiger partial charge in [-0.1, -0.05) is 43.2 Å². The molecule has 1 aliphatic rings. The average molecular weight is 427 g/mol. The minimum absolute atomic E-state index is 0.0962. The third-order valence-corrected chi connectivity index (χ3v) is 5.67. The molecule has 164 valence electrons. The zero-order chi connectivity index (χ0) is 22.4. The summed E-state index contributed by atoms with van der Waals surface area (Å²) < 4.78 is 13.3. The number of benzene rings is 2. The normalized spacial score (nSPS) is 14.8. The molecule has 0 spiro atoms. The summed E-state index contributed by atoms with van der Waals surface area (Å²) in [6.07, 6.45) is 3.75. The minimum Gasteiger partial charge on any atom is -0.352 e. The smallest absolute Gasteiger partial charge is 0.273 e. The van der Waals surface area contributed by atoms with Crippen LogP contribution in [0.1, 0.15) is 43.7 Å².